The van der Waals surface area contributed by atoms with Crippen LogP contribution in [0.1, 0.15) is 49.2 Å². The summed E-state index contributed by atoms with van der Waals surface area (Å²) in [6.45, 7) is 9.31. The lowest BCUT2D eigenvalue weighted by molar-refractivity contribution is 0.181. The van der Waals surface area contributed by atoms with Crippen molar-refractivity contribution in [3.63, 3.8) is 0 Å². The highest BCUT2D eigenvalue weighted by atomic mass is 32.1. The molecule has 0 fully saturated rings. The summed E-state index contributed by atoms with van der Waals surface area (Å²) in [5, 5.41) is 4.70. The second-order valence-corrected chi connectivity index (χ2v) is 6.19. The van der Waals surface area contributed by atoms with Gasteiger partial charge in [0.15, 0.2) is 0 Å². The number of nitrogens with zero attached hydrogens (tertiary/aromatic N) is 1. The zero-order valence-corrected chi connectivity index (χ0v) is 12.9. The molecule has 0 aliphatic heterocycles. The fourth-order valence-corrected chi connectivity index (χ4v) is 2.78. The maximum Gasteiger partial charge on any atom is 0.0932 e. The van der Waals surface area contributed by atoms with E-state index in [4.69, 9.17) is 9.72 Å². The summed E-state index contributed by atoms with van der Waals surface area (Å²) >= 11 is 1.84. The maximum absolute atomic E-state index is 5.23. The Balaban J connectivity index is 2.61. The van der Waals surface area contributed by atoms with Gasteiger partial charge in [-0.25, -0.2) is 4.98 Å². The molecule has 0 saturated heterocycles. The Hall–Kier alpha value is -0.450. The Morgan fingerprint density at radius 3 is 2.78 bits per heavy atom. The third kappa shape index (κ3) is 5.46. The molecular formula is C14H26N2OS. The SMILES string of the molecule is CCCNCc1sc(CCC(C)C)nc1COC. The number of thiazole rings is 1. The molecule has 0 aromatic carbocycles. The van der Waals surface area contributed by atoms with Crippen molar-refractivity contribution in [3.8, 4) is 0 Å². The van der Waals surface area contributed by atoms with E-state index < -0.39 is 0 Å². The van der Waals surface area contributed by atoms with Crippen molar-refractivity contribution < 1.29 is 4.74 Å². The van der Waals surface area contributed by atoms with E-state index in [1.807, 2.05) is 11.3 Å². The number of hydrogen-bond donors (Lipinski definition) is 1. The minimum absolute atomic E-state index is 0.626. The molecule has 0 amide bonds. The summed E-state index contributed by atoms with van der Waals surface area (Å²) in [7, 11) is 1.73. The molecule has 0 saturated carbocycles. The van der Waals surface area contributed by atoms with Crippen molar-refractivity contribution in [2.45, 2.75) is 53.2 Å². The normalized spacial score (nSPS) is 11.4. The molecule has 0 bridgehead atoms. The van der Waals surface area contributed by atoms with Crippen LogP contribution < -0.4 is 5.32 Å². The lowest BCUT2D eigenvalue weighted by Crippen LogP contribution is -2.14. The van der Waals surface area contributed by atoms with Crippen LogP contribution in [0, 0.1) is 5.92 Å². The molecule has 0 aliphatic carbocycles. The predicted octanol–water partition coefficient (Wildman–Crippen LogP) is 3.38. The van der Waals surface area contributed by atoms with Gasteiger partial charge in [0.05, 0.1) is 17.3 Å². The van der Waals surface area contributed by atoms with Crippen molar-refractivity contribution in [1.29, 1.82) is 0 Å². The molecular weight excluding hydrogens is 244 g/mol. The van der Waals surface area contributed by atoms with E-state index in [-0.39, 0.29) is 0 Å². The topological polar surface area (TPSA) is 34.2 Å². The van der Waals surface area contributed by atoms with Gasteiger partial charge in [0.2, 0.25) is 0 Å². The van der Waals surface area contributed by atoms with Crippen LogP contribution in [0.4, 0.5) is 0 Å². The fraction of sp³-hybridized carbons (Fsp3) is 0.786. The number of nitrogens with one attached hydrogen (secondary N) is 1. The summed E-state index contributed by atoms with van der Waals surface area (Å²) < 4.78 is 5.23. The van der Waals surface area contributed by atoms with Gasteiger partial charge in [0.25, 0.3) is 0 Å². The van der Waals surface area contributed by atoms with E-state index in [9.17, 15) is 0 Å². The number of hydrogen-bond acceptors (Lipinski definition) is 4. The summed E-state index contributed by atoms with van der Waals surface area (Å²) in [5.74, 6) is 0.737. The minimum atomic E-state index is 0.626. The molecule has 1 aromatic heterocycles. The predicted molar refractivity (Wildman–Crippen MR) is 78.0 cm³/mol. The Labute approximate surface area is 115 Å². The van der Waals surface area contributed by atoms with Gasteiger partial charge in [-0.2, -0.15) is 0 Å². The van der Waals surface area contributed by atoms with Crippen molar-refractivity contribution in [1.82, 2.24) is 10.3 Å². The number of ether oxygens (including phenoxy) is 1. The fourth-order valence-electron chi connectivity index (χ4n) is 1.72. The highest BCUT2D eigenvalue weighted by Crippen LogP contribution is 2.21. The molecule has 18 heavy (non-hydrogen) atoms. The molecule has 1 N–H and O–H groups in total. The summed E-state index contributed by atoms with van der Waals surface area (Å²) in [4.78, 5) is 6.04. The quantitative estimate of drug-likeness (QED) is 0.699. The first-order chi connectivity index (χ1) is 8.67. The van der Waals surface area contributed by atoms with Crippen molar-refractivity contribution in [2.24, 2.45) is 5.92 Å². The lowest BCUT2D eigenvalue weighted by atomic mass is 10.1. The molecule has 0 unspecified atom stereocenters. The Kier molecular flexibility index (Phi) is 7.47. The standard InChI is InChI=1S/C14H26N2OS/c1-5-8-15-9-13-12(10-17-4)16-14(18-13)7-6-11(2)3/h11,15H,5-10H2,1-4H3. The molecule has 1 heterocycles. The molecule has 0 atom stereocenters. The van der Waals surface area contributed by atoms with Crippen LogP contribution in [0.5, 0.6) is 0 Å². The first-order valence-corrected chi connectivity index (χ1v) is 7.66. The molecule has 4 heteroatoms. The van der Waals surface area contributed by atoms with Gasteiger partial charge >= 0.3 is 0 Å². The molecule has 0 radical (unpaired) electrons. The van der Waals surface area contributed by atoms with E-state index in [2.05, 4.69) is 26.1 Å². The van der Waals surface area contributed by atoms with E-state index in [1.165, 1.54) is 22.7 Å². The lowest BCUT2D eigenvalue weighted by Gasteiger charge is -2.02. The maximum atomic E-state index is 5.23. The van der Waals surface area contributed by atoms with Crippen LogP contribution in [-0.4, -0.2) is 18.6 Å². The van der Waals surface area contributed by atoms with Gasteiger partial charge in [-0.05, 0) is 31.7 Å². The Bertz CT molecular complexity index is 337. The highest BCUT2D eigenvalue weighted by molar-refractivity contribution is 7.11. The number of aromatic nitrogens is 1. The largest absolute Gasteiger partial charge is 0.378 e. The monoisotopic (exact) mass is 270 g/mol. The van der Waals surface area contributed by atoms with Crippen LogP contribution >= 0.6 is 11.3 Å². The number of methoxy groups -OCH3 is 1. The molecule has 104 valence electrons. The first kappa shape index (κ1) is 15.6. The zero-order chi connectivity index (χ0) is 13.4. The van der Waals surface area contributed by atoms with Gasteiger partial charge in [-0.1, -0.05) is 20.8 Å². The van der Waals surface area contributed by atoms with Crippen LogP contribution in [-0.2, 0) is 24.3 Å². The van der Waals surface area contributed by atoms with Gasteiger partial charge in [-0.3, -0.25) is 0 Å². The number of rotatable bonds is 9. The van der Waals surface area contributed by atoms with Crippen molar-refractivity contribution in [2.75, 3.05) is 13.7 Å². The Morgan fingerprint density at radius 2 is 2.17 bits per heavy atom. The summed E-state index contributed by atoms with van der Waals surface area (Å²) in [6.07, 6.45) is 3.47. The molecule has 0 aliphatic rings. The van der Waals surface area contributed by atoms with E-state index >= 15 is 0 Å². The average molecular weight is 270 g/mol. The van der Waals surface area contributed by atoms with Crippen LogP contribution in [0.2, 0.25) is 0 Å². The zero-order valence-electron chi connectivity index (χ0n) is 12.1. The van der Waals surface area contributed by atoms with Crippen LogP contribution in [0.3, 0.4) is 0 Å². The Morgan fingerprint density at radius 1 is 1.39 bits per heavy atom. The first-order valence-electron chi connectivity index (χ1n) is 6.84. The highest BCUT2D eigenvalue weighted by Gasteiger charge is 2.11. The molecule has 0 spiro atoms. The molecule has 1 rings (SSSR count). The van der Waals surface area contributed by atoms with E-state index in [0.29, 0.717) is 6.61 Å². The van der Waals surface area contributed by atoms with Crippen LogP contribution in [0.15, 0.2) is 0 Å². The molecule has 1 aromatic rings. The third-order valence-corrected chi connectivity index (χ3v) is 3.91. The smallest absolute Gasteiger partial charge is 0.0932 e. The second kappa shape index (κ2) is 8.62. The average Bonchev–Trinajstić information content (AvgIpc) is 2.70. The van der Waals surface area contributed by atoms with Crippen LogP contribution in [0.25, 0.3) is 0 Å². The van der Waals surface area contributed by atoms with Crippen molar-refractivity contribution in [3.05, 3.63) is 15.6 Å². The minimum Gasteiger partial charge on any atom is -0.378 e. The van der Waals surface area contributed by atoms with Gasteiger partial charge in [0, 0.05) is 18.5 Å². The van der Waals surface area contributed by atoms with E-state index in [1.54, 1.807) is 7.11 Å². The number of aryl methyl sites for hydroxylation is 1. The van der Waals surface area contributed by atoms with Gasteiger partial charge in [0.1, 0.15) is 0 Å². The van der Waals surface area contributed by atoms with Crippen molar-refractivity contribution >= 4 is 11.3 Å². The third-order valence-electron chi connectivity index (χ3n) is 2.75. The van der Waals surface area contributed by atoms with Gasteiger partial charge in [-0.15, -0.1) is 11.3 Å². The molecule has 3 nitrogen and oxygen atoms in total. The van der Waals surface area contributed by atoms with E-state index in [0.717, 1.165) is 31.1 Å². The second-order valence-electron chi connectivity index (χ2n) is 5.02. The summed E-state index contributed by atoms with van der Waals surface area (Å²) in [5.41, 5.74) is 1.12. The summed E-state index contributed by atoms with van der Waals surface area (Å²) in [6, 6.07) is 0. The van der Waals surface area contributed by atoms with Gasteiger partial charge < -0.3 is 10.1 Å².